The molecule has 0 radical (unpaired) electrons. The molecule has 1 rings (SSSR count). The predicted molar refractivity (Wildman–Crippen MR) is 64.6 cm³/mol. The van der Waals surface area contributed by atoms with Crippen molar-refractivity contribution in [2.45, 2.75) is 13.5 Å². The maximum absolute atomic E-state index is 11.8. The number of Topliss-reactive ketones (excluding diaryl/α,β-unsaturated/α-hetero) is 1. The van der Waals surface area contributed by atoms with Crippen molar-refractivity contribution >= 4 is 11.7 Å². The van der Waals surface area contributed by atoms with Crippen molar-refractivity contribution in [3.8, 4) is 0 Å². The maximum atomic E-state index is 11.8. The smallest absolute Gasteiger partial charge is 0.331 e. The van der Waals surface area contributed by atoms with Crippen LogP contribution in [0.5, 0.6) is 0 Å². The predicted octanol–water partition coefficient (Wildman–Crippen LogP) is -1.16. The van der Waals surface area contributed by atoms with E-state index in [9.17, 15) is 19.2 Å². The van der Waals surface area contributed by atoms with Crippen LogP contribution in [-0.2, 0) is 18.4 Å². The van der Waals surface area contributed by atoms with Gasteiger partial charge in [-0.2, -0.15) is 0 Å². The van der Waals surface area contributed by atoms with E-state index in [4.69, 9.17) is 0 Å². The number of hydrogen-bond acceptors (Lipinski definition) is 4. The molecule has 1 amide bonds. The summed E-state index contributed by atoms with van der Waals surface area (Å²) < 4.78 is 1.88. The van der Waals surface area contributed by atoms with Gasteiger partial charge in [0.05, 0.1) is 5.56 Å². The van der Waals surface area contributed by atoms with Crippen LogP contribution in [0, 0.1) is 0 Å². The van der Waals surface area contributed by atoms with Crippen LogP contribution in [0.1, 0.15) is 17.3 Å². The van der Waals surface area contributed by atoms with E-state index in [1.54, 1.807) is 14.1 Å². The molecule has 0 fully saturated rings. The van der Waals surface area contributed by atoms with Crippen LogP contribution >= 0.6 is 0 Å². The quantitative estimate of drug-likeness (QED) is 0.636. The molecule has 0 aliphatic carbocycles. The van der Waals surface area contributed by atoms with Crippen LogP contribution in [-0.4, -0.2) is 39.8 Å². The molecule has 0 aliphatic rings. The Morgan fingerprint density at radius 1 is 1.28 bits per heavy atom. The lowest BCUT2D eigenvalue weighted by atomic mass is 10.2. The third-order valence-electron chi connectivity index (χ3n) is 2.54. The Kier molecular flexibility index (Phi) is 3.85. The van der Waals surface area contributed by atoms with Crippen LogP contribution in [0.2, 0.25) is 0 Å². The summed E-state index contributed by atoms with van der Waals surface area (Å²) in [7, 11) is 4.39. The van der Waals surface area contributed by atoms with Crippen LogP contribution < -0.4 is 11.2 Å². The molecule has 7 heteroatoms. The lowest BCUT2D eigenvalue weighted by molar-refractivity contribution is -0.129. The number of hydrogen-bond donors (Lipinski definition) is 0. The van der Waals surface area contributed by atoms with Gasteiger partial charge < -0.3 is 4.90 Å². The Labute approximate surface area is 103 Å². The Bertz CT molecular complexity index is 610. The largest absolute Gasteiger partial charge is 0.347 e. The highest BCUT2D eigenvalue weighted by atomic mass is 16.2. The van der Waals surface area contributed by atoms with E-state index in [0.29, 0.717) is 0 Å². The third kappa shape index (κ3) is 2.55. The molecule has 0 atom stereocenters. The summed E-state index contributed by atoms with van der Waals surface area (Å²) in [5.41, 5.74) is -1.38. The Morgan fingerprint density at radius 2 is 1.83 bits per heavy atom. The van der Waals surface area contributed by atoms with Crippen molar-refractivity contribution in [2.24, 2.45) is 7.05 Å². The fourth-order valence-electron chi connectivity index (χ4n) is 1.37. The summed E-state index contributed by atoms with van der Waals surface area (Å²) in [5, 5.41) is 0. The molecular weight excluding hydrogens is 238 g/mol. The molecule has 7 nitrogen and oxygen atoms in total. The molecule has 0 aromatic carbocycles. The van der Waals surface area contributed by atoms with E-state index >= 15 is 0 Å². The number of likely N-dealkylation sites (N-methyl/N-ethyl adjacent to an activating group) is 1. The number of carbonyl (C=O) groups is 2. The van der Waals surface area contributed by atoms with Crippen molar-refractivity contribution in [1.82, 2.24) is 14.0 Å². The molecule has 1 heterocycles. The van der Waals surface area contributed by atoms with Gasteiger partial charge in [0.25, 0.3) is 5.56 Å². The van der Waals surface area contributed by atoms with E-state index in [2.05, 4.69) is 0 Å². The highest BCUT2D eigenvalue weighted by molar-refractivity contribution is 5.93. The highest BCUT2D eigenvalue weighted by Crippen LogP contribution is 1.92. The molecule has 0 bridgehead atoms. The number of nitrogens with zero attached hydrogens (tertiary/aromatic N) is 3. The van der Waals surface area contributed by atoms with Gasteiger partial charge in [0.15, 0.2) is 5.78 Å². The Balaban J connectivity index is 3.38. The SMILES string of the molecule is CC(=O)c1cn(CC(=O)N(C)C)c(=O)n(C)c1=O. The first kappa shape index (κ1) is 13.9. The minimum atomic E-state index is -0.652. The summed E-state index contributed by atoms with van der Waals surface area (Å²) in [6.07, 6.45) is 1.13. The first-order chi connectivity index (χ1) is 8.25. The third-order valence-corrected chi connectivity index (χ3v) is 2.54. The number of carbonyl (C=O) groups excluding carboxylic acids is 2. The van der Waals surface area contributed by atoms with Gasteiger partial charge in [-0.1, -0.05) is 0 Å². The first-order valence-corrected chi connectivity index (χ1v) is 5.27. The van der Waals surface area contributed by atoms with Gasteiger partial charge in [0.1, 0.15) is 6.54 Å². The van der Waals surface area contributed by atoms with Crippen molar-refractivity contribution in [3.63, 3.8) is 0 Å². The number of aromatic nitrogens is 2. The molecule has 0 saturated carbocycles. The van der Waals surface area contributed by atoms with Gasteiger partial charge in [-0.25, -0.2) is 4.79 Å². The van der Waals surface area contributed by atoms with E-state index < -0.39 is 17.0 Å². The fraction of sp³-hybridized carbons (Fsp3) is 0.455. The van der Waals surface area contributed by atoms with Crippen LogP contribution in [0.3, 0.4) is 0 Å². The summed E-state index contributed by atoms with van der Waals surface area (Å²) in [5.74, 6) is -0.744. The van der Waals surface area contributed by atoms with Crippen LogP contribution in [0.4, 0.5) is 0 Å². The van der Waals surface area contributed by atoms with Crippen molar-refractivity contribution in [1.29, 1.82) is 0 Å². The van der Waals surface area contributed by atoms with Crippen molar-refractivity contribution in [2.75, 3.05) is 14.1 Å². The molecule has 0 N–H and O–H groups in total. The van der Waals surface area contributed by atoms with Gasteiger partial charge in [-0.15, -0.1) is 0 Å². The molecule has 0 unspecified atom stereocenters. The van der Waals surface area contributed by atoms with Crippen molar-refractivity contribution < 1.29 is 9.59 Å². The Morgan fingerprint density at radius 3 is 2.28 bits per heavy atom. The number of ketones is 1. The van der Waals surface area contributed by atoms with Crippen LogP contribution in [0.15, 0.2) is 15.8 Å². The molecule has 0 saturated heterocycles. The average molecular weight is 253 g/mol. The monoisotopic (exact) mass is 253 g/mol. The lowest BCUT2D eigenvalue weighted by Crippen LogP contribution is -2.42. The molecular formula is C11H15N3O4. The fourth-order valence-corrected chi connectivity index (χ4v) is 1.37. The van der Waals surface area contributed by atoms with E-state index in [1.807, 2.05) is 0 Å². The topological polar surface area (TPSA) is 81.4 Å². The first-order valence-electron chi connectivity index (χ1n) is 5.27. The van der Waals surface area contributed by atoms with E-state index in [1.165, 1.54) is 18.9 Å². The normalized spacial score (nSPS) is 10.2. The second kappa shape index (κ2) is 4.99. The molecule has 0 aliphatic heterocycles. The van der Waals surface area contributed by atoms with E-state index in [-0.39, 0.29) is 18.0 Å². The average Bonchev–Trinajstić information content (AvgIpc) is 2.29. The number of amides is 1. The minimum absolute atomic E-state index is 0.108. The summed E-state index contributed by atoms with van der Waals surface area (Å²) >= 11 is 0. The highest BCUT2D eigenvalue weighted by Gasteiger charge is 2.14. The summed E-state index contributed by atoms with van der Waals surface area (Å²) in [6.45, 7) is 1.03. The molecule has 18 heavy (non-hydrogen) atoms. The maximum Gasteiger partial charge on any atom is 0.331 e. The minimum Gasteiger partial charge on any atom is -0.347 e. The second-order valence-corrected chi connectivity index (χ2v) is 4.16. The standard InChI is InChI=1S/C11H15N3O4/c1-7(15)8-5-14(6-9(16)12(2)3)11(18)13(4)10(8)17/h5H,6H2,1-4H3. The van der Waals surface area contributed by atoms with E-state index in [0.717, 1.165) is 15.3 Å². The zero-order chi connectivity index (χ0) is 14.0. The zero-order valence-electron chi connectivity index (χ0n) is 10.8. The second-order valence-electron chi connectivity index (χ2n) is 4.16. The summed E-state index contributed by atoms with van der Waals surface area (Å²) in [4.78, 5) is 47.5. The Hall–Kier alpha value is -2.18. The van der Waals surface area contributed by atoms with Gasteiger partial charge in [0, 0.05) is 27.3 Å². The van der Waals surface area contributed by atoms with Crippen molar-refractivity contribution in [3.05, 3.63) is 32.6 Å². The van der Waals surface area contributed by atoms with Gasteiger partial charge in [0.2, 0.25) is 5.91 Å². The number of rotatable bonds is 3. The lowest BCUT2D eigenvalue weighted by Gasteiger charge is -2.13. The molecule has 98 valence electrons. The van der Waals surface area contributed by atoms with Gasteiger partial charge >= 0.3 is 5.69 Å². The molecule has 1 aromatic rings. The molecule has 0 spiro atoms. The molecule has 1 aromatic heterocycles. The zero-order valence-corrected chi connectivity index (χ0v) is 10.8. The van der Waals surface area contributed by atoms with Crippen LogP contribution in [0.25, 0.3) is 0 Å². The van der Waals surface area contributed by atoms with Gasteiger partial charge in [-0.05, 0) is 6.92 Å². The van der Waals surface area contributed by atoms with Gasteiger partial charge in [-0.3, -0.25) is 23.5 Å². The summed E-state index contributed by atoms with van der Waals surface area (Å²) in [6, 6.07) is 0.